The maximum atomic E-state index is 12.8. The molecule has 4 rings (SSSR count). The van der Waals surface area contributed by atoms with E-state index >= 15 is 0 Å². The van der Waals surface area contributed by atoms with Crippen LogP contribution in [0, 0.1) is 0 Å². The Morgan fingerprint density at radius 1 is 1.24 bits per heavy atom. The average molecular weight is 351 g/mol. The van der Waals surface area contributed by atoms with Gasteiger partial charge < -0.3 is 4.90 Å². The van der Waals surface area contributed by atoms with Gasteiger partial charge in [0.15, 0.2) is 5.82 Å². The second kappa shape index (κ2) is 6.68. The Morgan fingerprint density at radius 3 is 2.88 bits per heavy atom. The van der Waals surface area contributed by atoms with E-state index in [4.69, 9.17) is 0 Å². The lowest BCUT2D eigenvalue weighted by molar-refractivity contribution is -0.117. The molecule has 3 heterocycles. The molecule has 0 unspecified atom stereocenters. The second-order valence-electron chi connectivity index (χ2n) is 5.83. The van der Waals surface area contributed by atoms with Gasteiger partial charge in [-0.2, -0.15) is 0 Å². The van der Waals surface area contributed by atoms with Crippen molar-refractivity contribution in [3.63, 3.8) is 0 Å². The predicted octanol–water partition coefficient (Wildman–Crippen LogP) is 2.94. The van der Waals surface area contributed by atoms with Crippen molar-refractivity contribution in [3.05, 3.63) is 54.4 Å². The summed E-state index contributed by atoms with van der Waals surface area (Å²) in [5.74, 6) is 0.765. The van der Waals surface area contributed by atoms with Crippen molar-refractivity contribution in [3.8, 4) is 11.4 Å². The van der Waals surface area contributed by atoms with E-state index in [1.165, 1.54) is 17.3 Å². The minimum absolute atomic E-state index is 0.0882. The molecule has 6 nitrogen and oxygen atoms in total. The molecule has 7 heteroatoms. The molecule has 25 heavy (non-hydrogen) atoms. The smallest absolute Gasteiger partial charge is 0.240 e. The summed E-state index contributed by atoms with van der Waals surface area (Å²) in [6, 6.07) is 11.8. The number of carbonyl (C=O) groups excluding carboxylic acids is 1. The third kappa shape index (κ3) is 3.15. The normalized spacial score (nSPS) is 14.4. The van der Waals surface area contributed by atoms with Crippen LogP contribution < -0.4 is 4.90 Å². The molecule has 0 saturated heterocycles. The molecule has 126 valence electrons. The molecule has 1 atom stereocenters. The first kappa shape index (κ1) is 15.8. The van der Waals surface area contributed by atoms with Gasteiger partial charge in [0.25, 0.3) is 0 Å². The molecule has 2 aromatic heterocycles. The monoisotopic (exact) mass is 351 g/mol. The number of pyridine rings is 1. The fourth-order valence-electron chi connectivity index (χ4n) is 2.93. The lowest BCUT2D eigenvalue weighted by Crippen LogP contribution is -2.35. The van der Waals surface area contributed by atoms with Crippen LogP contribution in [0.1, 0.15) is 12.5 Å². The average Bonchev–Trinajstić information content (AvgIpc) is 3.29. The van der Waals surface area contributed by atoms with Gasteiger partial charge in [-0.15, -0.1) is 5.10 Å². The Balaban J connectivity index is 1.47. The molecule has 1 amide bonds. The SMILES string of the molecule is C[C@H](Sc1n[nH]c(-c2ccncc2)n1)C(=O)N1CCc2ccccc21. The van der Waals surface area contributed by atoms with Crippen LogP contribution in [0.3, 0.4) is 0 Å². The van der Waals surface area contributed by atoms with Crippen LogP contribution in [0.25, 0.3) is 11.4 Å². The fraction of sp³-hybridized carbons (Fsp3) is 0.222. The Morgan fingerprint density at radius 2 is 2.04 bits per heavy atom. The van der Waals surface area contributed by atoms with Crippen molar-refractivity contribution in [2.45, 2.75) is 23.8 Å². The van der Waals surface area contributed by atoms with Crippen LogP contribution >= 0.6 is 11.8 Å². The van der Waals surface area contributed by atoms with E-state index in [1.807, 2.05) is 42.2 Å². The molecule has 0 fully saturated rings. The van der Waals surface area contributed by atoms with E-state index in [0.29, 0.717) is 11.0 Å². The summed E-state index contributed by atoms with van der Waals surface area (Å²) in [6.07, 6.45) is 4.33. The number of hydrogen-bond acceptors (Lipinski definition) is 5. The van der Waals surface area contributed by atoms with Crippen LogP contribution in [0.5, 0.6) is 0 Å². The first-order valence-corrected chi connectivity index (χ1v) is 8.99. The van der Waals surface area contributed by atoms with E-state index in [2.05, 4.69) is 26.2 Å². The number of carbonyl (C=O) groups is 1. The Labute approximate surface area is 149 Å². The van der Waals surface area contributed by atoms with Crippen molar-refractivity contribution >= 4 is 23.4 Å². The second-order valence-corrected chi connectivity index (χ2v) is 7.14. The summed E-state index contributed by atoms with van der Waals surface area (Å²) in [5.41, 5.74) is 3.17. The predicted molar refractivity (Wildman–Crippen MR) is 97.4 cm³/mol. The van der Waals surface area contributed by atoms with E-state index in [1.54, 1.807) is 12.4 Å². The number of rotatable bonds is 4. The van der Waals surface area contributed by atoms with Crippen LogP contribution in [0.4, 0.5) is 5.69 Å². The third-order valence-electron chi connectivity index (χ3n) is 4.20. The van der Waals surface area contributed by atoms with Crippen molar-refractivity contribution in [2.24, 2.45) is 0 Å². The lowest BCUT2D eigenvalue weighted by atomic mass is 10.2. The number of aromatic nitrogens is 4. The van der Waals surface area contributed by atoms with Crippen LogP contribution in [0.15, 0.2) is 53.9 Å². The van der Waals surface area contributed by atoms with Crippen molar-refractivity contribution in [1.29, 1.82) is 0 Å². The number of nitrogens with zero attached hydrogens (tertiary/aromatic N) is 4. The number of para-hydroxylation sites is 1. The van der Waals surface area contributed by atoms with Gasteiger partial charge in [0.2, 0.25) is 11.1 Å². The van der Waals surface area contributed by atoms with Crippen LogP contribution in [-0.2, 0) is 11.2 Å². The zero-order valence-electron chi connectivity index (χ0n) is 13.7. The Bertz CT molecular complexity index is 895. The summed E-state index contributed by atoms with van der Waals surface area (Å²) in [5, 5.41) is 7.45. The molecule has 3 aromatic rings. The van der Waals surface area contributed by atoms with Gasteiger partial charge in [-0.25, -0.2) is 4.98 Å². The minimum atomic E-state index is -0.257. The number of H-pyrrole nitrogens is 1. The summed E-state index contributed by atoms with van der Waals surface area (Å²) in [7, 11) is 0. The zero-order valence-corrected chi connectivity index (χ0v) is 14.5. The highest BCUT2D eigenvalue weighted by atomic mass is 32.2. The summed E-state index contributed by atoms with van der Waals surface area (Å²) in [6.45, 7) is 2.63. The summed E-state index contributed by atoms with van der Waals surface area (Å²) >= 11 is 1.37. The fourth-order valence-corrected chi connectivity index (χ4v) is 3.72. The molecule has 1 N–H and O–H groups in total. The maximum Gasteiger partial charge on any atom is 0.240 e. The van der Waals surface area contributed by atoms with Gasteiger partial charge in [-0.05, 0) is 37.1 Å². The highest BCUT2D eigenvalue weighted by molar-refractivity contribution is 8.00. The first-order valence-electron chi connectivity index (χ1n) is 8.11. The molecule has 1 aromatic carbocycles. The number of amides is 1. The van der Waals surface area contributed by atoms with Gasteiger partial charge >= 0.3 is 0 Å². The number of aromatic amines is 1. The van der Waals surface area contributed by atoms with Gasteiger partial charge in [-0.1, -0.05) is 30.0 Å². The molecule has 1 aliphatic rings. The topological polar surface area (TPSA) is 74.8 Å². The van der Waals surface area contributed by atoms with Gasteiger partial charge in [0.1, 0.15) is 0 Å². The van der Waals surface area contributed by atoms with Gasteiger partial charge in [-0.3, -0.25) is 14.9 Å². The summed E-state index contributed by atoms with van der Waals surface area (Å²) < 4.78 is 0. The van der Waals surface area contributed by atoms with Crippen LogP contribution in [0.2, 0.25) is 0 Å². The number of nitrogens with one attached hydrogen (secondary N) is 1. The number of anilines is 1. The molecular formula is C18H17N5OS. The Hall–Kier alpha value is -2.67. The molecule has 0 saturated carbocycles. The maximum absolute atomic E-state index is 12.8. The molecule has 0 bridgehead atoms. The van der Waals surface area contributed by atoms with E-state index in [9.17, 15) is 4.79 Å². The molecule has 0 aliphatic carbocycles. The lowest BCUT2D eigenvalue weighted by Gasteiger charge is -2.20. The highest BCUT2D eigenvalue weighted by Crippen LogP contribution is 2.31. The molecule has 1 aliphatic heterocycles. The standard InChI is InChI=1S/C18H17N5OS/c1-12(17(24)23-11-8-13-4-2-3-5-15(13)23)25-18-20-16(21-22-18)14-6-9-19-10-7-14/h2-7,9-10,12H,8,11H2,1H3,(H,20,21,22)/t12-/m0/s1. The first-order chi connectivity index (χ1) is 12.2. The highest BCUT2D eigenvalue weighted by Gasteiger charge is 2.28. The van der Waals surface area contributed by atoms with Crippen LogP contribution in [-0.4, -0.2) is 37.9 Å². The van der Waals surface area contributed by atoms with Gasteiger partial charge in [0.05, 0.1) is 5.25 Å². The minimum Gasteiger partial charge on any atom is -0.311 e. The van der Waals surface area contributed by atoms with Crippen molar-refractivity contribution < 1.29 is 4.79 Å². The number of hydrogen-bond donors (Lipinski definition) is 1. The van der Waals surface area contributed by atoms with E-state index < -0.39 is 0 Å². The molecular weight excluding hydrogens is 334 g/mol. The number of benzene rings is 1. The summed E-state index contributed by atoms with van der Waals surface area (Å²) in [4.78, 5) is 23.2. The number of fused-ring (bicyclic) bond motifs is 1. The van der Waals surface area contributed by atoms with E-state index in [-0.39, 0.29) is 11.2 Å². The quantitative estimate of drug-likeness (QED) is 0.732. The largest absolute Gasteiger partial charge is 0.311 e. The molecule has 0 radical (unpaired) electrons. The van der Waals surface area contributed by atoms with Gasteiger partial charge in [0, 0.05) is 30.2 Å². The zero-order chi connectivity index (χ0) is 17.2. The molecule has 0 spiro atoms. The van der Waals surface area contributed by atoms with E-state index in [0.717, 1.165) is 24.2 Å². The van der Waals surface area contributed by atoms with Crippen molar-refractivity contribution in [2.75, 3.05) is 11.4 Å². The number of thioether (sulfide) groups is 1. The Kier molecular flexibility index (Phi) is 4.23. The third-order valence-corrected chi connectivity index (χ3v) is 5.15. The van der Waals surface area contributed by atoms with Crippen molar-refractivity contribution in [1.82, 2.24) is 20.2 Å².